The molecule has 6 rings (SSSR count). The summed E-state index contributed by atoms with van der Waals surface area (Å²) in [4.78, 5) is 40.2. The maximum atomic E-state index is 13.7. The number of carbonyl (C=O) groups is 2. The number of benzene rings is 5. The highest BCUT2D eigenvalue weighted by atomic mass is 32.2. The molecule has 5 aromatic rings. The average molecular weight is 707 g/mol. The molecule has 1 heterocycles. The van der Waals surface area contributed by atoms with E-state index >= 15 is 0 Å². The first kappa shape index (κ1) is 35.8. The highest BCUT2D eigenvalue weighted by Gasteiger charge is 2.52. The van der Waals surface area contributed by atoms with Crippen LogP contribution in [0, 0.1) is 0 Å². The standard InChI is InChI=1S/C41H38O9S/c1-44-33-24-22-30(23-25-33)27-46-50-38-37(49-40(43)32-18-10-4-11-19-32)36(48-39(42)31-16-8-3-9-17-31)35(28-45-26-29-14-6-2-7-15-29)47-41(38)51-34-20-12-5-13-21-34/h2-25,35-38,41H,26-28H2,1H3/t35-,36+,37+,38-,41+/m1/s1. The summed E-state index contributed by atoms with van der Waals surface area (Å²) in [6, 6.07) is 43.9. The number of esters is 2. The smallest absolute Gasteiger partial charge is 0.338 e. The molecule has 262 valence electrons. The fourth-order valence-corrected chi connectivity index (χ4v) is 6.54. The maximum absolute atomic E-state index is 13.7. The van der Waals surface area contributed by atoms with Crippen LogP contribution in [-0.4, -0.2) is 55.5 Å². The molecule has 1 aliphatic heterocycles. The number of methoxy groups -OCH3 is 1. The number of thioether (sulfide) groups is 1. The van der Waals surface area contributed by atoms with E-state index in [1.807, 2.05) is 84.9 Å². The Morgan fingerprint density at radius 1 is 0.608 bits per heavy atom. The summed E-state index contributed by atoms with van der Waals surface area (Å²) in [6.45, 7) is 0.378. The van der Waals surface area contributed by atoms with Gasteiger partial charge in [-0.3, -0.25) is 0 Å². The minimum Gasteiger partial charge on any atom is -0.497 e. The summed E-state index contributed by atoms with van der Waals surface area (Å²) in [7, 11) is 1.60. The summed E-state index contributed by atoms with van der Waals surface area (Å²) in [6.07, 6.45) is -4.25. The van der Waals surface area contributed by atoms with Crippen LogP contribution in [0.1, 0.15) is 31.8 Å². The first-order chi connectivity index (χ1) is 25.1. The Balaban J connectivity index is 1.34. The molecular weight excluding hydrogens is 669 g/mol. The molecular formula is C41H38O9S. The van der Waals surface area contributed by atoms with Gasteiger partial charge in [-0.1, -0.05) is 109 Å². The third-order valence-corrected chi connectivity index (χ3v) is 9.21. The van der Waals surface area contributed by atoms with Crippen molar-refractivity contribution in [3.05, 3.63) is 168 Å². The number of ether oxygens (including phenoxy) is 5. The van der Waals surface area contributed by atoms with Gasteiger partial charge in [0.1, 0.15) is 23.9 Å². The molecule has 0 radical (unpaired) electrons. The van der Waals surface area contributed by atoms with Gasteiger partial charge in [0.25, 0.3) is 0 Å². The Morgan fingerprint density at radius 2 is 1.14 bits per heavy atom. The highest BCUT2D eigenvalue weighted by Crippen LogP contribution is 2.38. The van der Waals surface area contributed by atoms with Gasteiger partial charge in [-0.25, -0.2) is 19.4 Å². The molecule has 9 nitrogen and oxygen atoms in total. The molecule has 0 aliphatic carbocycles. The average Bonchev–Trinajstić information content (AvgIpc) is 3.18. The van der Waals surface area contributed by atoms with Crippen molar-refractivity contribution in [3.63, 3.8) is 0 Å². The van der Waals surface area contributed by atoms with Crippen LogP contribution in [-0.2, 0) is 41.9 Å². The number of carbonyl (C=O) groups excluding carboxylic acids is 2. The van der Waals surface area contributed by atoms with E-state index in [1.54, 1.807) is 67.8 Å². The quantitative estimate of drug-likeness (QED) is 0.0612. The summed E-state index contributed by atoms with van der Waals surface area (Å²) in [5.41, 5.74) is 1.63. The lowest BCUT2D eigenvalue weighted by Crippen LogP contribution is -2.61. The van der Waals surface area contributed by atoms with Crippen LogP contribution in [0.4, 0.5) is 0 Å². The van der Waals surface area contributed by atoms with Crippen LogP contribution in [0.3, 0.4) is 0 Å². The van der Waals surface area contributed by atoms with Gasteiger partial charge in [0.15, 0.2) is 18.3 Å². The van der Waals surface area contributed by atoms with Crippen molar-refractivity contribution in [2.45, 2.75) is 48.0 Å². The van der Waals surface area contributed by atoms with Crippen molar-refractivity contribution in [3.8, 4) is 5.75 Å². The zero-order valence-electron chi connectivity index (χ0n) is 27.9. The molecule has 5 atom stereocenters. The molecule has 51 heavy (non-hydrogen) atoms. The van der Waals surface area contributed by atoms with Gasteiger partial charge in [0.2, 0.25) is 0 Å². The minimum absolute atomic E-state index is 0.0201. The van der Waals surface area contributed by atoms with Gasteiger partial charge in [-0.05, 0) is 59.7 Å². The zero-order valence-corrected chi connectivity index (χ0v) is 28.8. The molecule has 0 unspecified atom stereocenters. The maximum Gasteiger partial charge on any atom is 0.338 e. The molecule has 0 amide bonds. The Bertz CT molecular complexity index is 1790. The molecule has 5 aromatic carbocycles. The lowest BCUT2D eigenvalue weighted by Gasteiger charge is -2.44. The third-order valence-electron chi connectivity index (χ3n) is 8.05. The predicted octanol–water partition coefficient (Wildman–Crippen LogP) is 7.70. The predicted molar refractivity (Wildman–Crippen MR) is 191 cm³/mol. The van der Waals surface area contributed by atoms with Crippen molar-refractivity contribution < 1.29 is 43.0 Å². The van der Waals surface area contributed by atoms with Crippen LogP contribution in [0.25, 0.3) is 0 Å². The van der Waals surface area contributed by atoms with Gasteiger partial charge in [0.05, 0.1) is 31.5 Å². The van der Waals surface area contributed by atoms with Gasteiger partial charge < -0.3 is 23.7 Å². The molecule has 0 bridgehead atoms. The van der Waals surface area contributed by atoms with Crippen LogP contribution in [0.5, 0.6) is 5.75 Å². The molecule has 0 spiro atoms. The fraction of sp³-hybridized carbons (Fsp3) is 0.220. The van der Waals surface area contributed by atoms with E-state index < -0.39 is 41.8 Å². The Morgan fingerprint density at radius 3 is 1.73 bits per heavy atom. The van der Waals surface area contributed by atoms with E-state index in [2.05, 4.69) is 0 Å². The van der Waals surface area contributed by atoms with Crippen molar-refractivity contribution >= 4 is 23.7 Å². The Labute approximate surface area is 301 Å². The van der Waals surface area contributed by atoms with E-state index in [0.717, 1.165) is 16.0 Å². The summed E-state index contributed by atoms with van der Waals surface area (Å²) >= 11 is 1.37. The second-order valence-electron chi connectivity index (χ2n) is 11.6. The minimum atomic E-state index is -1.18. The van der Waals surface area contributed by atoms with Crippen molar-refractivity contribution in [1.29, 1.82) is 0 Å². The largest absolute Gasteiger partial charge is 0.497 e. The second-order valence-corrected chi connectivity index (χ2v) is 12.8. The zero-order chi connectivity index (χ0) is 35.3. The molecule has 1 fully saturated rings. The topological polar surface area (TPSA) is 98.8 Å². The van der Waals surface area contributed by atoms with E-state index in [-0.39, 0.29) is 19.8 Å². The van der Waals surface area contributed by atoms with Gasteiger partial charge in [-0.2, -0.15) is 0 Å². The van der Waals surface area contributed by atoms with Crippen LogP contribution in [0.15, 0.2) is 150 Å². The van der Waals surface area contributed by atoms with E-state index in [9.17, 15) is 9.59 Å². The van der Waals surface area contributed by atoms with Gasteiger partial charge in [-0.15, -0.1) is 0 Å². The third kappa shape index (κ3) is 10.1. The van der Waals surface area contributed by atoms with E-state index in [0.29, 0.717) is 16.9 Å². The number of hydrogen-bond acceptors (Lipinski definition) is 10. The van der Waals surface area contributed by atoms with Crippen molar-refractivity contribution in [2.75, 3.05) is 13.7 Å². The molecule has 10 heteroatoms. The van der Waals surface area contributed by atoms with Crippen LogP contribution < -0.4 is 4.74 Å². The first-order valence-corrected chi connectivity index (χ1v) is 17.4. The monoisotopic (exact) mass is 706 g/mol. The van der Waals surface area contributed by atoms with E-state index in [1.165, 1.54) is 11.8 Å². The molecule has 0 aromatic heterocycles. The fourth-order valence-electron chi connectivity index (χ4n) is 5.42. The van der Waals surface area contributed by atoms with E-state index in [4.69, 9.17) is 33.5 Å². The van der Waals surface area contributed by atoms with Crippen molar-refractivity contribution in [2.24, 2.45) is 0 Å². The lowest BCUT2D eigenvalue weighted by molar-refractivity contribution is -0.374. The summed E-state index contributed by atoms with van der Waals surface area (Å²) in [5, 5.41) is 0. The molecule has 1 aliphatic rings. The normalized spacial score (nSPS) is 19.9. The molecule has 0 N–H and O–H groups in total. The van der Waals surface area contributed by atoms with Crippen LogP contribution in [0.2, 0.25) is 0 Å². The molecule has 0 saturated carbocycles. The number of rotatable bonds is 15. The highest BCUT2D eigenvalue weighted by molar-refractivity contribution is 7.99. The second kappa shape index (κ2) is 18.3. The van der Waals surface area contributed by atoms with Gasteiger partial charge >= 0.3 is 11.9 Å². The van der Waals surface area contributed by atoms with Crippen LogP contribution >= 0.6 is 11.8 Å². The summed E-state index contributed by atoms with van der Waals surface area (Å²) < 4.78 is 30.6. The summed E-state index contributed by atoms with van der Waals surface area (Å²) in [5.74, 6) is -0.541. The van der Waals surface area contributed by atoms with Gasteiger partial charge in [0, 0.05) is 4.90 Å². The Kier molecular flexibility index (Phi) is 12.9. The SMILES string of the molecule is COc1ccc(COO[C@@H]2[C@@H](OC(=O)c3ccccc3)[C@@H](OC(=O)c3ccccc3)[C@@H](COCc3ccccc3)O[C@H]2Sc2ccccc2)cc1. The first-order valence-electron chi connectivity index (χ1n) is 16.5. The van der Waals surface area contributed by atoms with Crippen molar-refractivity contribution in [1.82, 2.24) is 0 Å². The Hall–Kier alpha value is -4.97. The number of hydrogen-bond donors (Lipinski definition) is 0. The molecule has 1 saturated heterocycles. The lowest BCUT2D eigenvalue weighted by atomic mass is 9.99.